The maximum absolute atomic E-state index is 14.4. The van der Waals surface area contributed by atoms with E-state index >= 15 is 0 Å². The van der Waals surface area contributed by atoms with Gasteiger partial charge in [-0.15, -0.1) is 0 Å². The van der Waals surface area contributed by atoms with Crippen LogP contribution >= 0.6 is 11.6 Å². The number of nitrogens with two attached hydrogens (primary N) is 2. The van der Waals surface area contributed by atoms with Crippen LogP contribution in [0.3, 0.4) is 0 Å². The van der Waals surface area contributed by atoms with Gasteiger partial charge in [-0.25, -0.2) is 17.9 Å². The van der Waals surface area contributed by atoms with Crippen LogP contribution in [0.5, 0.6) is 0 Å². The van der Waals surface area contributed by atoms with E-state index < -0.39 is 33.5 Å². The molecule has 0 aromatic heterocycles. The van der Waals surface area contributed by atoms with Crippen molar-refractivity contribution in [2.75, 3.05) is 13.1 Å². The molecule has 0 radical (unpaired) electrons. The zero-order valence-electron chi connectivity index (χ0n) is 16.0. The first-order chi connectivity index (χ1) is 14.1. The molecule has 1 atom stereocenters. The molecule has 7 nitrogen and oxygen atoms in total. The average molecular weight is 454 g/mol. The minimum atomic E-state index is -3.95. The normalized spacial score (nSPS) is 21.0. The molecular formula is C20H21ClFN3O4S. The molecule has 0 bridgehead atoms. The van der Waals surface area contributed by atoms with Gasteiger partial charge in [0.2, 0.25) is 10.0 Å². The van der Waals surface area contributed by atoms with Gasteiger partial charge in [-0.2, -0.15) is 0 Å². The number of nitrogens with zero attached hydrogens (tertiary/aromatic N) is 1. The molecule has 0 saturated carbocycles. The lowest BCUT2D eigenvalue weighted by atomic mass is 9.83. The number of piperidine rings is 1. The minimum absolute atomic E-state index is 0.258. The Morgan fingerprint density at radius 2 is 1.93 bits per heavy atom. The fourth-order valence-electron chi connectivity index (χ4n) is 4.25. The number of fused-ring (bicyclic) bond motifs is 2. The van der Waals surface area contributed by atoms with Gasteiger partial charge >= 0.3 is 0 Å². The number of halogens is 2. The van der Waals surface area contributed by atoms with Crippen LogP contribution < -0.4 is 10.9 Å². The van der Waals surface area contributed by atoms with E-state index in [0.717, 1.165) is 17.2 Å². The highest BCUT2D eigenvalue weighted by Gasteiger charge is 2.48. The molecule has 10 heteroatoms. The van der Waals surface area contributed by atoms with Crippen molar-refractivity contribution in [2.45, 2.75) is 36.0 Å². The summed E-state index contributed by atoms with van der Waals surface area (Å²) in [7, 11) is -3.95. The fourth-order valence-corrected chi connectivity index (χ4v) is 4.95. The van der Waals surface area contributed by atoms with Crippen molar-refractivity contribution < 1.29 is 22.3 Å². The molecule has 2 aliphatic heterocycles. The van der Waals surface area contributed by atoms with Crippen LogP contribution in [0.25, 0.3) is 0 Å². The van der Waals surface area contributed by atoms with E-state index in [9.17, 15) is 17.6 Å². The van der Waals surface area contributed by atoms with Gasteiger partial charge in [0, 0.05) is 30.2 Å². The van der Waals surface area contributed by atoms with Crippen LogP contribution in [0.2, 0.25) is 5.02 Å². The second-order valence-corrected chi connectivity index (χ2v) is 9.70. The number of ether oxygens (including phenoxy) is 1. The molecule has 2 aromatic rings. The summed E-state index contributed by atoms with van der Waals surface area (Å²) in [5.41, 5.74) is 6.87. The molecule has 4 rings (SSSR count). The summed E-state index contributed by atoms with van der Waals surface area (Å²) in [5, 5.41) is 5.60. The fraction of sp³-hybridized carbons (Fsp3) is 0.350. The van der Waals surface area contributed by atoms with Crippen LogP contribution in [0, 0.1) is 5.82 Å². The van der Waals surface area contributed by atoms with Crippen LogP contribution in [0.4, 0.5) is 4.39 Å². The quantitative estimate of drug-likeness (QED) is 0.736. The number of primary sulfonamides is 1. The highest BCUT2D eigenvalue weighted by Crippen LogP contribution is 2.50. The lowest BCUT2D eigenvalue weighted by Crippen LogP contribution is -2.42. The molecular weight excluding hydrogens is 433 g/mol. The second-order valence-electron chi connectivity index (χ2n) is 7.70. The van der Waals surface area contributed by atoms with Crippen molar-refractivity contribution in [1.82, 2.24) is 4.90 Å². The van der Waals surface area contributed by atoms with E-state index in [-0.39, 0.29) is 4.90 Å². The van der Waals surface area contributed by atoms with Crippen LogP contribution in [0.15, 0.2) is 41.3 Å². The number of rotatable bonds is 4. The number of amides is 1. The Morgan fingerprint density at radius 1 is 1.23 bits per heavy atom. The summed E-state index contributed by atoms with van der Waals surface area (Å²) in [5.74, 6) is -1.17. The van der Waals surface area contributed by atoms with Gasteiger partial charge in [0.25, 0.3) is 5.91 Å². The molecule has 2 aliphatic rings. The van der Waals surface area contributed by atoms with Crippen LogP contribution in [-0.4, -0.2) is 32.3 Å². The van der Waals surface area contributed by atoms with Gasteiger partial charge < -0.3 is 10.5 Å². The molecule has 1 spiro atoms. The summed E-state index contributed by atoms with van der Waals surface area (Å²) in [6.45, 7) is 1.50. The Balaban J connectivity index is 1.51. The first-order valence-corrected chi connectivity index (χ1v) is 11.3. The minimum Gasteiger partial charge on any atom is -0.367 e. The third-order valence-electron chi connectivity index (χ3n) is 5.80. The van der Waals surface area contributed by atoms with Crippen molar-refractivity contribution >= 4 is 27.5 Å². The zero-order chi connectivity index (χ0) is 21.7. The number of primary amides is 1. The Hall–Kier alpha value is -2.04. The first-order valence-electron chi connectivity index (χ1n) is 9.40. The number of benzene rings is 2. The van der Waals surface area contributed by atoms with E-state index in [1.165, 1.54) is 12.1 Å². The third-order valence-corrected chi connectivity index (χ3v) is 6.95. The standard InChI is InChI=1S/C20H21ClFN3O4S/c21-13-2-4-15-16(9-13)20(29-18(15)19(23)26)5-7-25(8-6-20)11-12-1-3-14(10-17(12)22)30(24,27)28/h1-4,9-10,18H,5-8,11H2,(H2,23,26)(H2,24,27,28). The number of hydrogen-bond donors (Lipinski definition) is 2. The maximum Gasteiger partial charge on any atom is 0.251 e. The molecule has 2 heterocycles. The smallest absolute Gasteiger partial charge is 0.251 e. The number of sulfonamides is 1. The Kier molecular flexibility index (Phi) is 5.36. The molecule has 0 aliphatic carbocycles. The highest BCUT2D eigenvalue weighted by atomic mass is 35.5. The number of carbonyl (C=O) groups is 1. The topological polar surface area (TPSA) is 116 Å². The van der Waals surface area contributed by atoms with Crippen molar-refractivity contribution in [2.24, 2.45) is 10.9 Å². The highest BCUT2D eigenvalue weighted by molar-refractivity contribution is 7.89. The van der Waals surface area contributed by atoms with Crippen molar-refractivity contribution in [1.29, 1.82) is 0 Å². The SMILES string of the molecule is NC(=O)C1OC2(CCN(Cc3ccc(S(N)(=O)=O)cc3F)CC2)c2cc(Cl)ccc21. The van der Waals surface area contributed by atoms with E-state index in [4.69, 9.17) is 27.2 Å². The summed E-state index contributed by atoms with van der Waals surface area (Å²) < 4.78 is 43.3. The van der Waals surface area contributed by atoms with Gasteiger partial charge in [-0.3, -0.25) is 9.69 Å². The Labute approximate surface area is 178 Å². The van der Waals surface area contributed by atoms with Crippen LogP contribution in [-0.2, 0) is 31.7 Å². The monoisotopic (exact) mass is 453 g/mol. The van der Waals surface area contributed by atoms with Gasteiger partial charge in [0.15, 0.2) is 6.10 Å². The molecule has 4 N–H and O–H groups in total. The van der Waals surface area contributed by atoms with Gasteiger partial charge in [0.05, 0.1) is 10.5 Å². The molecule has 30 heavy (non-hydrogen) atoms. The largest absolute Gasteiger partial charge is 0.367 e. The van der Waals surface area contributed by atoms with Crippen molar-refractivity contribution in [3.63, 3.8) is 0 Å². The summed E-state index contributed by atoms with van der Waals surface area (Å²) in [6, 6.07) is 8.98. The predicted octanol–water partition coefficient (Wildman–Crippen LogP) is 2.17. The van der Waals surface area contributed by atoms with E-state index in [1.54, 1.807) is 12.1 Å². The van der Waals surface area contributed by atoms with Gasteiger partial charge in [-0.1, -0.05) is 23.7 Å². The molecule has 160 valence electrons. The Bertz CT molecular complexity index is 1120. The average Bonchev–Trinajstić information content (AvgIpc) is 2.98. The van der Waals surface area contributed by atoms with Gasteiger partial charge in [0.1, 0.15) is 5.82 Å². The molecule has 2 aromatic carbocycles. The van der Waals surface area contributed by atoms with Crippen LogP contribution in [0.1, 0.15) is 35.6 Å². The summed E-state index contributed by atoms with van der Waals surface area (Å²) in [4.78, 5) is 13.7. The molecule has 1 amide bonds. The number of likely N-dealkylation sites (tertiary alicyclic amines) is 1. The summed E-state index contributed by atoms with van der Waals surface area (Å²) >= 11 is 6.18. The zero-order valence-corrected chi connectivity index (χ0v) is 17.5. The predicted molar refractivity (Wildman–Crippen MR) is 108 cm³/mol. The maximum atomic E-state index is 14.4. The lowest BCUT2D eigenvalue weighted by Gasteiger charge is -2.39. The first kappa shape index (κ1) is 21.2. The van der Waals surface area contributed by atoms with Gasteiger partial charge in [-0.05, 0) is 48.2 Å². The Morgan fingerprint density at radius 3 is 2.53 bits per heavy atom. The molecule has 1 saturated heterocycles. The molecule has 1 unspecified atom stereocenters. The molecule has 1 fully saturated rings. The second kappa shape index (κ2) is 7.58. The van der Waals surface area contributed by atoms with E-state index in [2.05, 4.69) is 0 Å². The third kappa shape index (κ3) is 3.83. The van der Waals surface area contributed by atoms with Crippen molar-refractivity contribution in [3.05, 3.63) is 63.9 Å². The van der Waals surface area contributed by atoms with E-state index in [0.29, 0.717) is 43.1 Å². The van der Waals surface area contributed by atoms with Crippen molar-refractivity contribution in [3.8, 4) is 0 Å². The number of hydrogen-bond acceptors (Lipinski definition) is 5. The van der Waals surface area contributed by atoms with E-state index in [1.807, 2.05) is 11.0 Å². The summed E-state index contributed by atoms with van der Waals surface area (Å²) in [6.07, 6.45) is 0.356. The number of carbonyl (C=O) groups excluding carboxylic acids is 1. The lowest BCUT2D eigenvalue weighted by molar-refractivity contribution is -0.148.